The molecule has 4 N–H and O–H groups in total. The lowest BCUT2D eigenvalue weighted by molar-refractivity contribution is -0.142. The lowest BCUT2D eigenvalue weighted by Gasteiger charge is -2.17. The van der Waals surface area contributed by atoms with E-state index in [9.17, 15) is 19.2 Å². The van der Waals surface area contributed by atoms with Gasteiger partial charge in [-0.15, -0.1) is 0 Å². The van der Waals surface area contributed by atoms with Crippen molar-refractivity contribution in [3.63, 3.8) is 0 Å². The molecule has 0 fully saturated rings. The minimum atomic E-state index is -1.18. The highest BCUT2D eigenvalue weighted by molar-refractivity contribution is 9.10. The third-order valence-electron chi connectivity index (χ3n) is 7.54. The zero-order chi connectivity index (χ0) is 34.8. The fourth-order valence-corrected chi connectivity index (χ4v) is 6.00. The Morgan fingerprint density at radius 2 is 1.02 bits per heavy atom. The van der Waals surface area contributed by atoms with Crippen LogP contribution in [-0.2, 0) is 45.5 Å². The molecule has 4 aromatic carbocycles. The maximum Gasteiger partial charge on any atom is 0.312 e. The largest absolute Gasteiger partial charge is 0.488 e. The van der Waals surface area contributed by atoms with Crippen LogP contribution in [0.3, 0.4) is 0 Å². The van der Waals surface area contributed by atoms with Crippen LogP contribution in [0.5, 0.6) is 11.5 Å². The lowest BCUT2D eigenvalue weighted by atomic mass is 9.92. The van der Waals surface area contributed by atoms with Crippen molar-refractivity contribution in [2.45, 2.75) is 53.0 Å². The number of benzene rings is 4. The third-order valence-corrected chi connectivity index (χ3v) is 8.78. The number of ether oxygens (including phenoxy) is 2. The van der Waals surface area contributed by atoms with Gasteiger partial charge in [0.05, 0.1) is 8.95 Å². The van der Waals surface area contributed by atoms with Crippen LogP contribution in [-0.4, -0.2) is 34.0 Å². The topological polar surface area (TPSA) is 151 Å². The molecule has 0 atom stereocenters. The van der Waals surface area contributed by atoms with E-state index in [1.54, 1.807) is 0 Å². The molecule has 0 heterocycles. The van der Waals surface area contributed by atoms with E-state index in [4.69, 9.17) is 19.7 Å². The first kappa shape index (κ1) is 36.2. The minimum absolute atomic E-state index is 0.206. The van der Waals surface area contributed by atoms with Crippen LogP contribution < -0.4 is 20.1 Å². The lowest BCUT2D eigenvalue weighted by Crippen LogP contribution is -2.25. The molecule has 0 radical (unpaired) electrons. The first-order valence-electron chi connectivity index (χ1n) is 14.9. The van der Waals surface area contributed by atoms with Gasteiger partial charge in [-0.1, -0.05) is 48.5 Å². The molecule has 0 spiro atoms. The third kappa shape index (κ3) is 10.2. The molecule has 0 unspecified atom stereocenters. The number of amides is 2. The van der Waals surface area contributed by atoms with Gasteiger partial charge in [0.2, 0.25) is 11.8 Å². The molecule has 0 aliphatic carbocycles. The van der Waals surface area contributed by atoms with Gasteiger partial charge in [-0.2, -0.15) is 0 Å². The average Bonchev–Trinajstić information content (AvgIpc) is 3.02. The summed E-state index contributed by atoms with van der Waals surface area (Å²) in [6.45, 7) is 5.22. The molecule has 250 valence electrons. The van der Waals surface area contributed by atoms with E-state index < -0.39 is 36.6 Å². The number of carbonyl (C=O) groups is 4. The maximum absolute atomic E-state index is 11.7. The monoisotopic (exact) mass is 780 g/mol. The Kier molecular flexibility index (Phi) is 12.8. The number of carbonyl (C=O) groups excluding carboxylic acids is 2. The predicted octanol–water partition coefficient (Wildman–Crippen LogP) is 6.84. The Morgan fingerprint density at radius 3 is 1.38 bits per heavy atom. The van der Waals surface area contributed by atoms with Crippen LogP contribution in [0.15, 0.2) is 81.7 Å². The SMILES string of the molecule is Cc1c(COc2ccc(CNC(=O)CC(=O)O)cc2Br)cccc1-c1cccc(COc2ccc(CNC(=O)CC(=O)O)cc2Br)c1C. The Bertz CT molecular complexity index is 1710. The highest BCUT2D eigenvalue weighted by Crippen LogP contribution is 2.33. The van der Waals surface area contributed by atoms with Crippen molar-refractivity contribution >= 4 is 55.6 Å². The van der Waals surface area contributed by atoms with E-state index in [0.717, 1.165) is 44.5 Å². The molecule has 0 saturated heterocycles. The molecule has 0 bridgehead atoms. The molecule has 0 aromatic heterocycles. The number of hydrogen-bond donors (Lipinski definition) is 4. The van der Waals surface area contributed by atoms with Crippen LogP contribution in [0, 0.1) is 13.8 Å². The summed E-state index contributed by atoms with van der Waals surface area (Å²) >= 11 is 7.07. The molecule has 0 aliphatic rings. The summed E-state index contributed by atoms with van der Waals surface area (Å²) in [6, 6.07) is 23.1. The van der Waals surface area contributed by atoms with Gasteiger partial charge in [-0.3, -0.25) is 19.2 Å². The van der Waals surface area contributed by atoms with Crippen molar-refractivity contribution in [1.82, 2.24) is 10.6 Å². The number of carboxylic acid groups (broad SMARTS) is 2. The molecular weight excluding hydrogens is 748 g/mol. The number of rotatable bonds is 15. The normalized spacial score (nSPS) is 10.7. The van der Waals surface area contributed by atoms with Gasteiger partial charge < -0.3 is 30.3 Å². The summed E-state index contributed by atoms with van der Waals surface area (Å²) in [5.41, 5.74) is 7.98. The second kappa shape index (κ2) is 16.9. The molecular formula is C36H34Br2N2O8. The summed E-state index contributed by atoms with van der Waals surface area (Å²) in [5.74, 6) is -2.18. The van der Waals surface area contributed by atoms with Crippen molar-refractivity contribution in [3.05, 3.63) is 115 Å². The van der Waals surface area contributed by atoms with Crippen LogP contribution in [0.4, 0.5) is 0 Å². The molecule has 0 aliphatic heterocycles. The van der Waals surface area contributed by atoms with Crippen LogP contribution in [0.1, 0.15) is 46.2 Å². The number of hydrogen-bond acceptors (Lipinski definition) is 6. The number of nitrogens with one attached hydrogen (secondary N) is 2. The average molecular weight is 782 g/mol. The maximum atomic E-state index is 11.7. The van der Waals surface area contributed by atoms with E-state index >= 15 is 0 Å². The van der Waals surface area contributed by atoms with E-state index in [-0.39, 0.29) is 13.1 Å². The highest BCUT2D eigenvalue weighted by atomic mass is 79.9. The smallest absolute Gasteiger partial charge is 0.312 e. The number of aliphatic carboxylic acids is 2. The zero-order valence-corrected chi connectivity index (χ0v) is 29.4. The summed E-state index contributed by atoms with van der Waals surface area (Å²) < 4.78 is 13.7. The molecule has 48 heavy (non-hydrogen) atoms. The van der Waals surface area contributed by atoms with Gasteiger partial charge in [-0.05, 0) is 114 Å². The molecule has 4 aromatic rings. The Morgan fingerprint density at radius 1 is 0.625 bits per heavy atom. The number of carboxylic acids is 2. The standard InChI is InChI=1S/C36H34Br2N2O8/c1-21-25(19-47-31-11-9-23(13-29(31)37)17-39-33(41)15-35(43)44)5-3-7-27(21)28-8-4-6-26(22(28)2)20-48-32-12-10-24(14-30(32)38)18-40-34(42)16-36(45)46/h3-14H,15-20H2,1-2H3,(H,39,41)(H,40,42)(H,43,44)(H,45,46). The van der Waals surface area contributed by atoms with Crippen LogP contribution in [0.2, 0.25) is 0 Å². The molecule has 10 nitrogen and oxygen atoms in total. The molecule has 12 heteroatoms. The van der Waals surface area contributed by atoms with Crippen molar-refractivity contribution in [2.75, 3.05) is 0 Å². The van der Waals surface area contributed by atoms with E-state index in [0.29, 0.717) is 33.7 Å². The van der Waals surface area contributed by atoms with E-state index in [2.05, 4.69) is 68.5 Å². The summed E-state index contributed by atoms with van der Waals surface area (Å²) in [7, 11) is 0. The van der Waals surface area contributed by atoms with Gasteiger partial charge in [0.1, 0.15) is 37.6 Å². The van der Waals surface area contributed by atoms with Gasteiger partial charge >= 0.3 is 11.9 Å². The summed E-state index contributed by atoms with van der Waals surface area (Å²) in [6.07, 6.45) is -1.15. The van der Waals surface area contributed by atoms with Gasteiger partial charge in [-0.25, -0.2) is 0 Å². The second-order valence-corrected chi connectivity index (χ2v) is 12.7. The van der Waals surface area contributed by atoms with Crippen LogP contribution >= 0.6 is 31.9 Å². The molecule has 4 rings (SSSR count). The predicted molar refractivity (Wildman–Crippen MR) is 186 cm³/mol. The summed E-state index contributed by atoms with van der Waals surface area (Å²) in [5, 5.41) is 22.7. The Hall–Kier alpha value is -4.68. The first-order chi connectivity index (χ1) is 22.9. The quantitative estimate of drug-likeness (QED) is 0.0959. The fraction of sp³-hybridized carbons (Fsp3) is 0.222. The van der Waals surface area contributed by atoms with Crippen molar-refractivity contribution in [2.24, 2.45) is 0 Å². The van der Waals surface area contributed by atoms with E-state index in [1.165, 1.54) is 0 Å². The molecule has 0 saturated carbocycles. The molecule has 2 amide bonds. The van der Waals surface area contributed by atoms with Gasteiger partial charge in [0, 0.05) is 13.1 Å². The number of halogens is 2. The van der Waals surface area contributed by atoms with Gasteiger partial charge in [0.25, 0.3) is 0 Å². The first-order valence-corrected chi connectivity index (χ1v) is 16.5. The second-order valence-electron chi connectivity index (χ2n) is 11.0. The van der Waals surface area contributed by atoms with Crippen LogP contribution in [0.25, 0.3) is 11.1 Å². The zero-order valence-electron chi connectivity index (χ0n) is 26.3. The summed E-state index contributed by atoms with van der Waals surface area (Å²) in [4.78, 5) is 44.7. The Balaban J connectivity index is 1.40. The van der Waals surface area contributed by atoms with Gasteiger partial charge in [0.15, 0.2) is 0 Å². The Labute approximate surface area is 294 Å². The minimum Gasteiger partial charge on any atom is -0.488 e. The van der Waals surface area contributed by atoms with E-state index in [1.807, 2.05) is 60.7 Å². The van der Waals surface area contributed by atoms with Crippen molar-refractivity contribution in [1.29, 1.82) is 0 Å². The van der Waals surface area contributed by atoms with Crippen molar-refractivity contribution < 1.29 is 38.9 Å². The van der Waals surface area contributed by atoms with Crippen molar-refractivity contribution in [3.8, 4) is 22.6 Å². The highest BCUT2D eigenvalue weighted by Gasteiger charge is 2.14. The fourth-order valence-electron chi connectivity index (χ4n) is 4.92.